The highest BCUT2D eigenvalue weighted by molar-refractivity contribution is 7.91. The molecule has 0 bridgehead atoms. The number of aromatic nitrogens is 1. The van der Waals surface area contributed by atoms with E-state index >= 15 is 0 Å². The van der Waals surface area contributed by atoms with Gasteiger partial charge in [-0.1, -0.05) is 6.92 Å². The molecule has 1 aliphatic heterocycles. The summed E-state index contributed by atoms with van der Waals surface area (Å²) < 4.78 is 34.9. The molecule has 0 N–H and O–H groups in total. The largest absolute Gasteiger partial charge is 0.478 e. The summed E-state index contributed by atoms with van der Waals surface area (Å²) in [5, 5.41) is 0. The van der Waals surface area contributed by atoms with Crippen LogP contribution in [0.5, 0.6) is 5.88 Å². The Hall–Kier alpha value is -1.83. The third kappa shape index (κ3) is 5.07. The number of piperidine rings is 1. The van der Waals surface area contributed by atoms with Crippen LogP contribution < -0.4 is 4.74 Å². The second-order valence-corrected chi connectivity index (χ2v) is 11.5. The number of likely N-dealkylation sites (tertiary alicyclic amines) is 1. The fourth-order valence-electron chi connectivity index (χ4n) is 4.36. The summed E-state index contributed by atoms with van der Waals surface area (Å²) in [6.07, 6.45) is 7.54. The van der Waals surface area contributed by atoms with Crippen molar-refractivity contribution in [1.82, 2.24) is 9.88 Å². The summed E-state index contributed by atoms with van der Waals surface area (Å²) in [4.78, 5) is 18.5. The zero-order valence-electron chi connectivity index (χ0n) is 17.9. The number of nitrogens with zero attached hydrogens (tertiary/aromatic N) is 2. The quantitative estimate of drug-likeness (QED) is 0.618. The number of carbonyl (C=O) groups excluding carboxylic acids is 1. The molecule has 1 saturated heterocycles. The highest BCUT2D eigenvalue weighted by Crippen LogP contribution is 2.50. The Balaban J connectivity index is 1.14. The Bertz CT molecular complexity index is 858. The van der Waals surface area contributed by atoms with Crippen molar-refractivity contribution in [2.45, 2.75) is 62.9 Å². The van der Waals surface area contributed by atoms with Crippen LogP contribution in [0.4, 0.5) is 4.79 Å². The van der Waals surface area contributed by atoms with Crippen LogP contribution in [0.1, 0.15) is 52.4 Å². The van der Waals surface area contributed by atoms with Gasteiger partial charge in [-0.3, -0.25) is 0 Å². The number of amides is 1. The molecule has 4 rings (SSSR count). The second-order valence-electron chi connectivity index (χ2n) is 9.17. The van der Waals surface area contributed by atoms with E-state index in [4.69, 9.17) is 9.47 Å². The lowest BCUT2D eigenvalue weighted by Crippen LogP contribution is -2.40. The van der Waals surface area contributed by atoms with Crippen molar-refractivity contribution in [2.24, 2.45) is 17.8 Å². The fraction of sp³-hybridized carbons (Fsp3) is 0.727. The first-order chi connectivity index (χ1) is 14.3. The van der Waals surface area contributed by atoms with Gasteiger partial charge in [0, 0.05) is 25.4 Å². The molecule has 2 unspecified atom stereocenters. The molecule has 166 valence electrons. The Morgan fingerprint density at radius 1 is 1.27 bits per heavy atom. The van der Waals surface area contributed by atoms with Crippen molar-refractivity contribution >= 4 is 15.9 Å². The zero-order chi connectivity index (χ0) is 21.4. The molecule has 2 heterocycles. The van der Waals surface area contributed by atoms with Crippen LogP contribution in [0.15, 0.2) is 23.2 Å². The van der Waals surface area contributed by atoms with Gasteiger partial charge in [0.25, 0.3) is 0 Å². The predicted molar refractivity (Wildman–Crippen MR) is 112 cm³/mol. The molecule has 1 amide bonds. The number of carbonyl (C=O) groups is 1. The molecule has 3 fully saturated rings. The molecule has 8 heteroatoms. The maximum atomic E-state index is 12.2. The standard InChI is InChI=1S/C22H32N2O5S/c1-3-30(26,27)18-4-5-20(23-15-18)28-13-8-17-14-19(17)16-6-11-24(12-7-16)21(25)29-22(2)9-10-22/h4-5,15-17,19H,3,6-14H2,1-2H3. The fourth-order valence-corrected chi connectivity index (χ4v) is 5.18. The van der Waals surface area contributed by atoms with Crippen molar-refractivity contribution in [3.05, 3.63) is 18.3 Å². The van der Waals surface area contributed by atoms with Gasteiger partial charge in [-0.2, -0.15) is 0 Å². The van der Waals surface area contributed by atoms with Crippen LogP contribution in [0.3, 0.4) is 0 Å². The van der Waals surface area contributed by atoms with E-state index in [9.17, 15) is 13.2 Å². The maximum Gasteiger partial charge on any atom is 0.410 e. The minimum absolute atomic E-state index is 0.0669. The first-order valence-corrected chi connectivity index (χ1v) is 12.7. The number of hydrogen-bond acceptors (Lipinski definition) is 6. The third-order valence-electron chi connectivity index (χ3n) is 6.86. The molecule has 2 saturated carbocycles. The van der Waals surface area contributed by atoms with Crippen LogP contribution >= 0.6 is 0 Å². The molecule has 3 aliphatic rings. The molecular weight excluding hydrogens is 404 g/mol. The Morgan fingerprint density at radius 2 is 2.00 bits per heavy atom. The van der Waals surface area contributed by atoms with Gasteiger partial charge in [0.1, 0.15) is 5.60 Å². The molecule has 2 aliphatic carbocycles. The Labute approximate surface area is 179 Å². The normalized spacial score (nSPS) is 25.6. The van der Waals surface area contributed by atoms with E-state index in [1.165, 1.54) is 12.6 Å². The number of pyridine rings is 1. The van der Waals surface area contributed by atoms with Crippen molar-refractivity contribution in [1.29, 1.82) is 0 Å². The van der Waals surface area contributed by atoms with Crippen molar-refractivity contribution in [3.63, 3.8) is 0 Å². The lowest BCUT2D eigenvalue weighted by molar-refractivity contribution is 0.0473. The monoisotopic (exact) mass is 436 g/mol. The summed E-state index contributed by atoms with van der Waals surface area (Å²) in [6, 6.07) is 3.19. The number of hydrogen-bond donors (Lipinski definition) is 0. The summed E-state index contributed by atoms with van der Waals surface area (Å²) in [5.74, 6) is 2.64. The van der Waals surface area contributed by atoms with Crippen LogP contribution in [0, 0.1) is 17.8 Å². The van der Waals surface area contributed by atoms with Crippen LogP contribution in [-0.4, -0.2) is 55.4 Å². The highest BCUT2D eigenvalue weighted by atomic mass is 32.2. The Morgan fingerprint density at radius 3 is 2.60 bits per heavy atom. The van der Waals surface area contributed by atoms with Gasteiger partial charge in [0.2, 0.25) is 5.88 Å². The molecule has 0 radical (unpaired) electrons. The molecule has 1 aromatic heterocycles. The first-order valence-electron chi connectivity index (χ1n) is 11.1. The van der Waals surface area contributed by atoms with Crippen LogP contribution in [0.25, 0.3) is 0 Å². The van der Waals surface area contributed by atoms with Crippen molar-refractivity contribution in [3.8, 4) is 5.88 Å². The molecule has 7 nitrogen and oxygen atoms in total. The topological polar surface area (TPSA) is 85.8 Å². The van der Waals surface area contributed by atoms with E-state index in [0.29, 0.717) is 24.3 Å². The van der Waals surface area contributed by atoms with Gasteiger partial charge in [-0.25, -0.2) is 18.2 Å². The van der Waals surface area contributed by atoms with Crippen LogP contribution in [-0.2, 0) is 14.6 Å². The summed E-state index contributed by atoms with van der Waals surface area (Å²) in [7, 11) is -3.22. The van der Waals surface area contributed by atoms with E-state index in [0.717, 1.165) is 51.1 Å². The minimum atomic E-state index is -3.22. The summed E-state index contributed by atoms with van der Waals surface area (Å²) >= 11 is 0. The van der Waals surface area contributed by atoms with Crippen molar-refractivity contribution in [2.75, 3.05) is 25.4 Å². The van der Waals surface area contributed by atoms with Gasteiger partial charge in [-0.15, -0.1) is 0 Å². The van der Waals surface area contributed by atoms with Crippen molar-refractivity contribution < 1.29 is 22.7 Å². The number of sulfone groups is 1. The minimum Gasteiger partial charge on any atom is -0.478 e. The molecule has 1 aromatic rings. The van der Waals surface area contributed by atoms with E-state index in [1.807, 2.05) is 11.8 Å². The SMILES string of the molecule is CCS(=O)(=O)c1ccc(OCCC2CC2C2CCN(C(=O)OC3(C)CC3)CC2)nc1. The lowest BCUT2D eigenvalue weighted by atomic mass is 9.91. The first kappa shape index (κ1) is 21.4. The summed E-state index contributed by atoms with van der Waals surface area (Å²) in [6.45, 7) is 5.82. The van der Waals surface area contributed by atoms with Gasteiger partial charge >= 0.3 is 6.09 Å². The highest BCUT2D eigenvalue weighted by Gasteiger charge is 2.45. The molecule has 0 spiro atoms. The molecule has 0 aromatic carbocycles. The van der Waals surface area contributed by atoms with Gasteiger partial charge in [0.05, 0.1) is 17.3 Å². The zero-order valence-corrected chi connectivity index (χ0v) is 18.7. The molecule has 30 heavy (non-hydrogen) atoms. The predicted octanol–water partition coefficient (Wildman–Crippen LogP) is 3.68. The van der Waals surface area contributed by atoms with Gasteiger partial charge in [-0.05, 0) is 69.3 Å². The molecule has 2 atom stereocenters. The second kappa shape index (κ2) is 8.36. The maximum absolute atomic E-state index is 12.2. The molecular formula is C22H32N2O5S. The van der Waals surface area contributed by atoms with Crippen LogP contribution in [0.2, 0.25) is 0 Å². The summed E-state index contributed by atoms with van der Waals surface area (Å²) in [5.41, 5.74) is -0.199. The van der Waals surface area contributed by atoms with E-state index in [-0.39, 0.29) is 22.3 Å². The average Bonchev–Trinajstić information content (AvgIpc) is 3.66. The van der Waals surface area contributed by atoms with E-state index < -0.39 is 9.84 Å². The van der Waals surface area contributed by atoms with Gasteiger partial charge < -0.3 is 14.4 Å². The van der Waals surface area contributed by atoms with E-state index in [1.54, 1.807) is 19.1 Å². The Kier molecular flexibility index (Phi) is 5.97. The number of ether oxygens (including phenoxy) is 2. The third-order valence-corrected chi connectivity index (χ3v) is 8.58. The van der Waals surface area contributed by atoms with E-state index in [2.05, 4.69) is 4.98 Å². The lowest BCUT2D eigenvalue weighted by Gasteiger charge is -2.32. The average molecular weight is 437 g/mol. The smallest absolute Gasteiger partial charge is 0.410 e. The number of rotatable bonds is 8. The van der Waals surface area contributed by atoms with Gasteiger partial charge in [0.15, 0.2) is 9.84 Å².